The van der Waals surface area contributed by atoms with Crippen LogP contribution in [-0.4, -0.2) is 17.7 Å². The molecule has 1 rings (SSSR count). The third-order valence-corrected chi connectivity index (χ3v) is 2.22. The van der Waals surface area contributed by atoms with Gasteiger partial charge in [0.1, 0.15) is 5.82 Å². The van der Waals surface area contributed by atoms with Crippen molar-refractivity contribution in [1.29, 1.82) is 0 Å². The standard InChI is InChI=1S/C11H16FNO/c1-3-13-8(2)11(14)9-6-4-5-7-10(9)12/h4-8,11,13-14H,3H2,1-2H3. The highest BCUT2D eigenvalue weighted by Crippen LogP contribution is 2.19. The number of aliphatic hydroxyl groups is 1. The Labute approximate surface area is 83.8 Å². The second-order valence-electron chi connectivity index (χ2n) is 3.31. The predicted molar refractivity (Wildman–Crippen MR) is 54.5 cm³/mol. The topological polar surface area (TPSA) is 32.3 Å². The van der Waals surface area contributed by atoms with Gasteiger partial charge >= 0.3 is 0 Å². The van der Waals surface area contributed by atoms with Crippen LogP contribution in [0.15, 0.2) is 24.3 Å². The molecule has 0 saturated carbocycles. The zero-order chi connectivity index (χ0) is 10.6. The molecule has 2 nitrogen and oxygen atoms in total. The highest BCUT2D eigenvalue weighted by molar-refractivity contribution is 5.20. The first-order chi connectivity index (χ1) is 6.66. The van der Waals surface area contributed by atoms with E-state index in [1.54, 1.807) is 18.2 Å². The van der Waals surface area contributed by atoms with Crippen molar-refractivity contribution in [2.75, 3.05) is 6.54 Å². The van der Waals surface area contributed by atoms with E-state index < -0.39 is 6.10 Å². The van der Waals surface area contributed by atoms with Crippen molar-refractivity contribution in [2.45, 2.75) is 26.0 Å². The van der Waals surface area contributed by atoms with Gasteiger partial charge < -0.3 is 10.4 Å². The van der Waals surface area contributed by atoms with E-state index >= 15 is 0 Å². The normalized spacial score (nSPS) is 15.1. The van der Waals surface area contributed by atoms with Gasteiger partial charge in [0, 0.05) is 11.6 Å². The third kappa shape index (κ3) is 2.53. The van der Waals surface area contributed by atoms with Crippen molar-refractivity contribution in [2.24, 2.45) is 0 Å². The number of rotatable bonds is 4. The summed E-state index contributed by atoms with van der Waals surface area (Å²) in [5, 5.41) is 12.9. The Morgan fingerprint density at radius 2 is 2.07 bits per heavy atom. The molecular weight excluding hydrogens is 181 g/mol. The smallest absolute Gasteiger partial charge is 0.129 e. The Bertz CT molecular complexity index is 290. The molecule has 0 radical (unpaired) electrons. The van der Waals surface area contributed by atoms with E-state index in [0.29, 0.717) is 5.56 Å². The SMILES string of the molecule is CCNC(C)C(O)c1ccccc1F. The highest BCUT2D eigenvalue weighted by Gasteiger charge is 2.17. The molecule has 0 heterocycles. The Kier molecular flexibility index (Phi) is 4.04. The van der Waals surface area contributed by atoms with Gasteiger partial charge in [-0.3, -0.25) is 0 Å². The predicted octanol–water partition coefficient (Wildman–Crippen LogP) is 1.86. The lowest BCUT2D eigenvalue weighted by Gasteiger charge is -2.20. The molecular formula is C11H16FNO. The number of hydrogen-bond donors (Lipinski definition) is 2. The third-order valence-electron chi connectivity index (χ3n) is 2.22. The lowest BCUT2D eigenvalue weighted by atomic mass is 10.0. The molecule has 0 aliphatic carbocycles. The summed E-state index contributed by atoms with van der Waals surface area (Å²) in [6, 6.07) is 6.16. The van der Waals surface area contributed by atoms with Crippen LogP contribution in [0.3, 0.4) is 0 Å². The largest absolute Gasteiger partial charge is 0.387 e. The van der Waals surface area contributed by atoms with Crippen LogP contribution in [0.5, 0.6) is 0 Å². The van der Waals surface area contributed by atoms with Crippen molar-refractivity contribution in [3.8, 4) is 0 Å². The first kappa shape index (κ1) is 11.1. The summed E-state index contributed by atoms with van der Waals surface area (Å²) in [5.74, 6) is -0.357. The molecule has 2 N–H and O–H groups in total. The molecule has 78 valence electrons. The monoisotopic (exact) mass is 197 g/mol. The van der Waals surface area contributed by atoms with E-state index in [0.717, 1.165) is 6.54 Å². The molecule has 3 heteroatoms. The molecule has 14 heavy (non-hydrogen) atoms. The van der Waals surface area contributed by atoms with Gasteiger partial charge in [-0.2, -0.15) is 0 Å². The fourth-order valence-corrected chi connectivity index (χ4v) is 1.42. The Hall–Kier alpha value is -0.930. The van der Waals surface area contributed by atoms with Crippen LogP contribution in [0.25, 0.3) is 0 Å². The molecule has 0 aromatic heterocycles. The first-order valence-electron chi connectivity index (χ1n) is 4.82. The van der Waals surface area contributed by atoms with Crippen LogP contribution >= 0.6 is 0 Å². The maximum absolute atomic E-state index is 13.3. The van der Waals surface area contributed by atoms with Gasteiger partial charge in [-0.1, -0.05) is 25.1 Å². The highest BCUT2D eigenvalue weighted by atomic mass is 19.1. The fraction of sp³-hybridized carbons (Fsp3) is 0.455. The van der Waals surface area contributed by atoms with Crippen LogP contribution in [0.1, 0.15) is 25.5 Å². The van der Waals surface area contributed by atoms with Crippen LogP contribution in [0, 0.1) is 5.82 Å². The number of likely N-dealkylation sites (N-methyl/N-ethyl adjacent to an activating group) is 1. The van der Waals surface area contributed by atoms with Gasteiger partial charge in [0.05, 0.1) is 6.10 Å². The minimum atomic E-state index is -0.795. The molecule has 0 fully saturated rings. The van der Waals surface area contributed by atoms with Crippen LogP contribution in [-0.2, 0) is 0 Å². The van der Waals surface area contributed by atoms with Crippen LogP contribution in [0.2, 0.25) is 0 Å². The van der Waals surface area contributed by atoms with Crippen LogP contribution < -0.4 is 5.32 Å². The van der Waals surface area contributed by atoms with Crippen molar-refractivity contribution < 1.29 is 9.50 Å². The number of benzene rings is 1. The zero-order valence-corrected chi connectivity index (χ0v) is 8.50. The molecule has 2 atom stereocenters. The zero-order valence-electron chi connectivity index (χ0n) is 8.50. The maximum atomic E-state index is 13.3. The average Bonchev–Trinajstić information content (AvgIpc) is 2.18. The molecule has 2 unspecified atom stereocenters. The van der Waals surface area contributed by atoms with E-state index in [1.165, 1.54) is 6.07 Å². The Morgan fingerprint density at radius 3 is 2.64 bits per heavy atom. The number of nitrogens with one attached hydrogen (secondary N) is 1. The van der Waals surface area contributed by atoms with Crippen molar-refractivity contribution >= 4 is 0 Å². The molecule has 1 aromatic rings. The van der Waals surface area contributed by atoms with E-state index in [4.69, 9.17) is 0 Å². The van der Waals surface area contributed by atoms with Crippen molar-refractivity contribution in [3.63, 3.8) is 0 Å². The maximum Gasteiger partial charge on any atom is 0.129 e. The van der Waals surface area contributed by atoms with Gasteiger partial charge in [-0.25, -0.2) is 4.39 Å². The Morgan fingerprint density at radius 1 is 1.43 bits per heavy atom. The molecule has 0 saturated heterocycles. The summed E-state index contributed by atoms with van der Waals surface area (Å²) in [7, 11) is 0. The number of hydrogen-bond acceptors (Lipinski definition) is 2. The quantitative estimate of drug-likeness (QED) is 0.772. The summed E-state index contributed by atoms with van der Waals surface area (Å²) >= 11 is 0. The van der Waals surface area contributed by atoms with Gasteiger partial charge in [0.25, 0.3) is 0 Å². The van der Waals surface area contributed by atoms with Gasteiger partial charge in [-0.15, -0.1) is 0 Å². The molecule has 0 bridgehead atoms. The summed E-state index contributed by atoms with van der Waals surface area (Å²) in [6.45, 7) is 4.54. The van der Waals surface area contributed by atoms with Crippen molar-refractivity contribution in [1.82, 2.24) is 5.32 Å². The minimum absolute atomic E-state index is 0.142. The van der Waals surface area contributed by atoms with E-state index in [1.807, 2.05) is 13.8 Å². The van der Waals surface area contributed by atoms with E-state index in [2.05, 4.69) is 5.32 Å². The molecule has 0 aliphatic rings. The van der Waals surface area contributed by atoms with E-state index in [-0.39, 0.29) is 11.9 Å². The second-order valence-corrected chi connectivity index (χ2v) is 3.31. The van der Waals surface area contributed by atoms with Gasteiger partial charge in [0.15, 0.2) is 0 Å². The molecule has 0 spiro atoms. The Balaban J connectivity index is 2.78. The van der Waals surface area contributed by atoms with Crippen molar-refractivity contribution in [3.05, 3.63) is 35.6 Å². The van der Waals surface area contributed by atoms with E-state index in [9.17, 15) is 9.50 Å². The fourth-order valence-electron chi connectivity index (χ4n) is 1.42. The molecule has 0 amide bonds. The average molecular weight is 197 g/mol. The number of halogens is 1. The lowest BCUT2D eigenvalue weighted by Crippen LogP contribution is -2.32. The first-order valence-corrected chi connectivity index (χ1v) is 4.82. The summed E-state index contributed by atoms with van der Waals surface area (Å²) in [5.41, 5.74) is 0.348. The lowest BCUT2D eigenvalue weighted by molar-refractivity contribution is 0.133. The van der Waals surface area contributed by atoms with Gasteiger partial charge in [-0.05, 0) is 19.5 Å². The van der Waals surface area contributed by atoms with Crippen LogP contribution in [0.4, 0.5) is 4.39 Å². The summed E-state index contributed by atoms with van der Waals surface area (Å²) in [6.07, 6.45) is -0.795. The summed E-state index contributed by atoms with van der Waals surface area (Å²) < 4.78 is 13.3. The number of aliphatic hydroxyl groups excluding tert-OH is 1. The van der Waals surface area contributed by atoms with Gasteiger partial charge in [0.2, 0.25) is 0 Å². The minimum Gasteiger partial charge on any atom is -0.387 e. The molecule has 1 aromatic carbocycles. The summed E-state index contributed by atoms with van der Waals surface area (Å²) in [4.78, 5) is 0. The molecule has 0 aliphatic heterocycles. The second kappa shape index (κ2) is 5.08.